The Morgan fingerprint density at radius 1 is 1.58 bits per heavy atom. The van der Waals surface area contributed by atoms with Crippen molar-refractivity contribution in [1.82, 2.24) is 5.48 Å². The Bertz CT molecular complexity index is 173. The third-order valence-electron chi connectivity index (χ3n) is 2.66. The van der Waals surface area contributed by atoms with Crippen LogP contribution in [0, 0.1) is 0 Å². The van der Waals surface area contributed by atoms with E-state index in [4.69, 9.17) is 10.9 Å². The van der Waals surface area contributed by atoms with Crippen LogP contribution in [0.1, 0.15) is 39.0 Å². The molecule has 0 aromatic rings. The van der Waals surface area contributed by atoms with Crippen molar-refractivity contribution in [2.75, 3.05) is 0 Å². The second-order valence-electron chi connectivity index (χ2n) is 3.39. The summed E-state index contributed by atoms with van der Waals surface area (Å²) in [5.74, 6) is 0.138. The van der Waals surface area contributed by atoms with Crippen molar-refractivity contribution < 1.29 is 5.21 Å². The zero-order chi connectivity index (χ0) is 9.03. The lowest BCUT2D eigenvalue weighted by Crippen LogP contribution is -2.34. The first-order chi connectivity index (χ1) is 5.72. The molecule has 4 heteroatoms. The normalized spacial score (nSPS) is 22.7. The molecule has 4 N–H and O–H groups in total. The molecule has 0 heterocycles. The monoisotopic (exact) mass is 171 g/mol. The van der Waals surface area contributed by atoms with Gasteiger partial charge in [0.2, 0.25) is 5.96 Å². The van der Waals surface area contributed by atoms with E-state index in [1.807, 2.05) is 5.48 Å². The first-order valence-electron chi connectivity index (χ1n) is 4.48. The predicted molar refractivity (Wildman–Crippen MR) is 48.0 cm³/mol. The maximum absolute atomic E-state index is 8.50. The minimum atomic E-state index is -0.000185. The van der Waals surface area contributed by atoms with Crippen molar-refractivity contribution in [2.45, 2.75) is 44.6 Å². The van der Waals surface area contributed by atoms with Crippen LogP contribution in [-0.4, -0.2) is 16.7 Å². The lowest BCUT2D eigenvalue weighted by Gasteiger charge is -2.22. The van der Waals surface area contributed by atoms with Gasteiger partial charge in [-0.3, -0.25) is 5.21 Å². The molecule has 0 saturated heterocycles. The smallest absolute Gasteiger partial charge is 0.213 e. The van der Waals surface area contributed by atoms with Crippen LogP contribution in [0.25, 0.3) is 0 Å². The zero-order valence-electron chi connectivity index (χ0n) is 7.51. The quantitative estimate of drug-likeness (QED) is 0.330. The fourth-order valence-electron chi connectivity index (χ4n) is 1.86. The molecule has 0 spiro atoms. The number of nitrogens with one attached hydrogen (secondary N) is 1. The topological polar surface area (TPSA) is 70.6 Å². The second kappa shape index (κ2) is 3.76. The van der Waals surface area contributed by atoms with E-state index in [1.165, 1.54) is 12.8 Å². The second-order valence-corrected chi connectivity index (χ2v) is 3.39. The highest BCUT2D eigenvalue weighted by Crippen LogP contribution is 2.35. The summed E-state index contributed by atoms with van der Waals surface area (Å²) >= 11 is 0. The average molecular weight is 171 g/mol. The fourth-order valence-corrected chi connectivity index (χ4v) is 1.86. The number of nitrogens with zero attached hydrogens (tertiary/aromatic N) is 1. The van der Waals surface area contributed by atoms with Crippen molar-refractivity contribution in [1.29, 1.82) is 0 Å². The van der Waals surface area contributed by atoms with Gasteiger partial charge in [-0.2, -0.15) is 0 Å². The summed E-state index contributed by atoms with van der Waals surface area (Å²) in [5.41, 5.74) is 7.28. The van der Waals surface area contributed by atoms with Crippen molar-refractivity contribution in [2.24, 2.45) is 10.7 Å². The zero-order valence-corrected chi connectivity index (χ0v) is 7.51. The summed E-state index contributed by atoms with van der Waals surface area (Å²) in [5, 5.41) is 8.50. The van der Waals surface area contributed by atoms with Crippen LogP contribution < -0.4 is 11.2 Å². The van der Waals surface area contributed by atoms with Crippen molar-refractivity contribution in [3.8, 4) is 0 Å². The molecule has 4 nitrogen and oxygen atoms in total. The fraction of sp³-hybridized carbons (Fsp3) is 0.875. The van der Waals surface area contributed by atoms with Crippen LogP contribution in [0.3, 0.4) is 0 Å². The Labute approximate surface area is 72.8 Å². The molecule has 1 saturated carbocycles. The number of hydroxylamine groups is 1. The molecule has 12 heavy (non-hydrogen) atoms. The van der Waals surface area contributed by atoms with E-state index < -0.39 is 0 Å². The number of nitrogens with two attached hydrogens (primary N) is 1. The lowest BCUT2D eigenvalue weighted by molar-refractivity contribution is 0.230. The van der Waals surface area contributed by atoms with Gasteiger partial charge in [-0.1, -0.05) is 19.8 Å². The van der Waals surface area contributed by atoms with E-state index in [9.17, 15) is 0 Å². The molecular weight excluding hydrogens is 154 g/mol. The number of hydrogen-bond acceptors (Lipinski definition) is 2. The summed E-state index contributed by atoms with van der Waals surface area (Å²) in [6, 6.07) is 0. The Morgan fingerprint density at radius 3 is 2.58 bits per heavy atom. The van der Waals surface area contributed by atoms with E-state index in [2.05, 4.69) is 11.9 Å². The third-order valence-corrected chi connectivity index (χ3v) is 2.66. The molecular formula is C8H17N3O. The third kappa shape index (κ3) is 1.88. The molecule has 0 aromatic heterocycles. The van der Waals surface area contributed by atoms with Crippen molar-refractivity contribution >= 4 is 5.96 Å². The first-order valence-corrected chi connectivity index (χ1v) is 4.48. The summed E-state index contributed by atoms with van der Waals surface area (Å²) in [6.07, 6.45) is 5.61. The van der Waals surface area contributed by atoms with Crippen LogP contribution in [0.15, 0.2) is 4.99 Å². The van der Waals surface area contributed by atoms with Crippen LogP contribution >= 0.6 is 0 Å². The highest BCUT2D eigenvalue weighted by molar-refractivity contribution is 5.77. The molecule has 0 bridgehead atoms. The molecule has 1 rings (SSSR count). The SMILES string of the molecule is CCC1(N=C(N)NO)CCCC1. The number of rotatable bonds is 2. The van der Waals surface area contributed by atoms with Crippen LogP contribution in [0.2, 0.25) is 0 Å². The number of guanidine groups is 1. The maximum atomic E-state index is 8.50. The van der Waals surface area contributed by atoms with Gasteiger partial charge in [0.25, 0.3) is 0 Å². The molecule has 0 atom stereocenters. The predicted octanol–water partition coefficient (Wildman–Crippen LogP) is 1.00. The molecule has 0 unspecified atom stereocenters. The van der Waals surface area contributed by atoms with Gasteiger partial charge in [0, 0.05) is 0 Å². The lowest BCUT2D eigenvalue weighted by atomic mass is 9.95. The highest BCUT2D eigenvalue weighted by atomic mass is 16.5. The minimum absolute atomic E-state index is 0.000185. The number of hydrogen-bond donors (Lipinski definition) is 3. The van der Waals surface area contributed by atoms with Crippen LogP contribution in [-0.2, 0) is 0 Å². The Hall–Kier alpha value is -0.770. The average Bonchev–Trinajstić information content (AvgIpc) is 2.54. The summed E-state index contributed by atoms with van der Waals surface area (Å²) in [7, 11) is 0. The van der Waals surface area contributed by atoms with Crippen LogP contribution in [0.4, 0.5) is 0 Å². The molecule has 1 aliphatic rings. The van der Waals surface area contributed by atoms with E-state index in [-0.39, 0.29) is 11.5 Å². The Balaban J connectivity index is 2.66. The minimum Gasteiger partial charge on any atom is -0.368 e. The Morgan fingerprint density at radius 2 is 2.17 bits per heavy atom. The van der Waals surface area contributed by atoms with Gasteiger partial charge in [0.15, 0.2) is 0 Å². The van der Waals surface area contributed by atoms with E-state index in [1.54, 1.807) is 0 Å². The molecule has 70 valence electrons. The van der Waals surface area contributed by atoms with E-state index in [0.717, 1.165) is 19.3 Å². The van der Waals surface area contributed by atoms with Crippen molar-refractivity contribution in [3.63, 3.8) is 0 Å². The van der Waals surface area contributed by atoms with Gasteiger partial charge >= 0.3 is 0 Å². The molecule has 0 radical (unpaired) electrons. The molecule has 0 aromatic carbocycles. The van der Waals surface area contributed by atoms with E-state index in [0.29, 0.717) is 0 Å². The largest absolute Gasteiger partial charge is 0.368 e. The molecule has 1 fully saturated rings. The van der Waals surface area contributed by atoms with Crippen LogP contribution in [0.5, 0.6) is 0 Å². The van der Waals surface area contributed by atoms with Crippen molar-refractivity contribution in [3.05, 3.63) is 0 Å². The Kier molecular flexibility index (Phi) is 2.92. The van der Waals surface area contributed by atoms with Gasteiger partial charge in [0.1, 0.15) is 0 Å². The first kappa shape index (κ1) is 9.32. The summed E-state index contributed by atoms with van der Waals surface area (Å²) in [4.78, 5) is 4.28. The standard InChI is InChI=1S/C8H17N3O/c1-2-8(5-3-4-6-8)10-7(9)11-12/h12H,2-6H2,1H3,(H3,9,10,11). The highest BCUT2D eigenvalue weighted by Gasteiger charge is 2.31. The number of aliphatic imine (C=N–C) groups is 1. The molecule has 0 amide bonds. The van der Waals surface area contributed by atoms with Gasteiger partial charge in [-0.05, 0) is 19.3 Å². The summed E-state index contributed by atoms with van der Waals surface area (Å²) < 4.78 is 0. The maximum Gasteiger partial charge on any atom is 0.213 e. The van der Waals surface area contributed by atoms with Gasteiger partial charge in [0.05, 0.1) is 5.54 Å². The van der Waals surface area contributed by atoms with Gasteiger partial charge < -0.3 is 5.73 Å². The summed E-state index contributed by atoms with van der Waals surface area (Å²) in [6.45, 7) is 2.11. The molecule has 1 aliphatic carbocycles. The van der Waals surface area contributed by atoms with E-state index >= 15 is 0 Å². The van der Waals surface area contributed by atoms with Gasteiger partial charge in [-0.15, -0.1) is 0 Å². The molecule has 0 aliphatic heterocycles. The van der Waals surface area contributed by atoms with Gasteiger partial charge in [-0.25, -0.2) is 10.5 Å².